The molecule has 8 nitrogen and oxygen atoms in total. The van der Waals surface area contributed by atoms with Gasteiger partial charge in [-0.15, -0.1) is 0 Å². The van der Waals surface area contributed by atoms with Crippen molar-refractivity contribution in [3.05, 3.63) is 95.1 Å². The Bertz CT molecular complexity index is 1690. The van der Waals surface area contributed by atoms with Gasteiger partial charge in [0.25, 0.3) is 11.8 Å². The fourth-order valence-corrected chi connectivity index (χ4v) is 5.86. The molecule has 5 rings (SSSR count). The monoisotopic (exact) mass is 629 g/mol. The van der Waals surface area contributed by atoms with Crippen LogP contribution >= 0.6 is 0 Å². The van der Waals surface area contributed by atoms with Gasteiger partial charge in [0.1, 0.15) is 0 Å². The van der Waals surface area contributed by atoms with E-state index in [0.717, 1.165) is 60.3 Å². The number of hydrogen-bond donors (Lipinski definition) is 1. The fraction of sp³-hybridized carbons (Fsp3) is 0.314. The molecule has 2 aliphatic heterocycles. The largest absolute Gasteiger partial charge is 0.417 e. The van der Waals surface area contributed by atoms with Gasteiger partial charge >= 0.3 is 12.2 Å². The minimum Gasteiger partial charge on any atom is -0.322 e. The first-order valence-corrected chi connectivity index (χ1v) is 15.2. The molecule has 0 atom stereocenters. The van der Waals surface area contributed by atoms with Crippen LogP contribution in [0.2, 0.25) is 0 Å². The Labute approximate surface area is 265 Å². The number of imide groups is 1. The Kier molecular flexibility index (Phi) is 9.87. The molecule has 0 spiro atoms. The van der Waals surface area contributed by atoms with Gasteiger partial charge in [-0.3, -0.25) is 14.5 Å². The number of urea groups is 1. The average Bonchev–Trinajstić information content (AvgIpc) is 3.27. The van der Waals surface area contributed by atoms with Crippen LogP contribution < -0.4 is 10.2 Å². The number of halogens is 3. The van der Waals surface area contributed by atoms with Gasteiger partial charge in [0.2, 0.25) is 0 Å². The number of benzene rings is 3. The van der Waals surface area contributed by atoms with Gasteiger partial charge in [-0.05, 0) is 62.6 Å². The van der Waals surface area contributed by atoms with Gasteiger partial charge < -0.3 is 10.2 Å². The van der Waals surface area contributed by atoms with Crippen molar-refractivity contribution in [2.75, 3.05) is 42.9 Å². The molecule has 0 bridgehead atoms. The highest BCUT2D eigenvalue weighted by Crippen LogP contribution is 2.37. The number of nitriles is 1. The number of carbonyl (C=O) groups excluding carboxylic acids is 3. The summed E-state index contributed by atoms with van der Waals surface area (Å²) in [5, 5.41) is 12.1. The van der Waals surface area contributed by atoms with E-state index in [1.807, 2.05) is 59.5 Å². The molecule has 11 heteroatoms. The fourth-order valence-electron chi connectivity index (χ4n) is 5.86. The van der Waals surface area contributed by atoms with E-state index in [1.165, 1.54) is 19.1 Å². The Balaban J connectivity index is 1.06. The second kappa shape index (κ2) is 14.0. The molecular formula is C35H34F3N5O3. The molecule has 3 aromatic carbocycles. The number of anilines is 2. The minimum atomic E-state index is -4.80. The van der Waals surface area contributed by atoms with E-state index in [0.29, 0.717) is 37.6 Å². The second-order valence-electron chi connectivity index (χ2n) is 11.4. The maximum Gasteiger partial charge on any atom is 0.417 e. The molecule has 1 fully saturated rings. The molecular weight excluding hydrogens is 595 g/mol. The smallest absolute Gasteiger partial charge is 0.322 e. The quantitative estimate of drug-likeness (QED) is 0.207. The third kappa shape index (κ3) is 7.13. The summed E-state index contributed by atoms with van der Waals surface area (Å²) >= 11 is 0. The summed E-state index contributed by atoms with van der Waals surface area (Å²) in [6.07, 6.45) is -2.16. The normalized spacial score (nSPS) is 15.8. The summed E-state index contributed by atoms with van der Waals surface area (Å²) in [6.45, 7) is 5.02. The first-order valence-electron chi connectivity index (χ1n) is 15.2. The van der Waals surface area contributed by atoms with Crippen molar-refractivity contribution in [1.82, 2.24) is 9.80 Å². The highest BCUT2D eigenvalue weighted by molar-refractivity contribution is 6.32. The van der Waals surface area contributed by atoms with Crippen LogP contribution in [0, 0.1) is 11.3 Å². The van der Waals surface area contributed by atoms with E-state index in [4.69, 9.17) is 5.26 Å². The van der Waals surface area contributed by atoms with E-state index >= 15 is 0 Å². The number of nitrogens with one attached hydrogen (secondary N) is 1. The zero-order chi connectivity index (χ0) is 32.8. The summed E-state index contributed by atoms with van der Waals surface area (Å²) in [7, 11) is 0. The number of unbranched alkanes of at least 4 members (excludes halogenated alkanes) is 2. The molecule has 1 saturated heterocycles. The average molecular weight is 630 g/mol. The molecule has 0 saturated carbocycles. The van der Waals surface area contributed by atoms with Crippen LogP contribution in [0.4, 0.5) is 29.3 Å². The number of rotatable bonds is 9. The van der Waals surface area contributed by atoms with Crippen LogP contribution in [0.25, 0.3) is 11.1 Å². The van der Waals surface area contributed by atoms with Crippen LogP contribution in [-0.4, -0.2) is 60.4 Å². The molecule has 238 valence electrons. The minimum absolute atomic E-state index is 0.132. The lowest BCUT2D eigenvalue weighted by molar-refractivity contribution is -0.138. The van der Waals surface area contributed by atoms with E-state index in [1.54, 1.807) is 0 Å². The number of piperazine rings is 1. The van der Waals surface area contributed by atoms with Crippen molar-refractivity contribution in [3.63, 3.8) is 0 Å². The number of nitrogens with zero attached hydrogens (tertiary/aromatic N) is 4. The standard InChI is InChI=1S/C35H34F3N5O3/c1-24-28(33(45)43(32(24)44)27-16-15-26(23-39)30(22-27)35(36,37)38)12-6-3-9-17-41-18-20-42(21-19-41)34(46)40-31-14-8-7-13-29(31)25-10-4-2-5-11-25/h2,4-5,7-8,10-11,13-16,22H,3,6,9,12,17-21H2,1H3,(H,40,46). The van der Waals surface area contributed by atoms with Crippen molar-refractivity contribution < 1.29 is 27.6 Å². The number of amides is 4. The SMILES string of the molecule is CC1=C(CCCCCN2CCN(C(=O)Nc3ccccc3-c3ccccc3)CC2)C(=O)N(c2ccc(C#N)c(C(F)(F)F)c2)C1=O. The molecule has 0 unspecified atom stereocenters. The van der Waals surface area contributed by atoms with E-state index in [2.05, 4.69) is 10.2 Å². The topological polar surface area (TPSA) is 96.8 Å². The maximum atomic E-state index is 13.5. The summed E-state index contributed by atoms with van der Waals surface area (Å²) in [5.41, 5.74) is 1.32. The third-order valence-electron chi connectivity index (χ3n) is 8.44. The van der Waals surface area contributed by atoms with Gasteiger partial charge in [-0.1, -0.05) is 55.0 Å². The Morgan fingerprint density at radius 3 is 2.28 bits per heavy atom. The highest BCUT2D eigenvalue weighted by atomic mass is 19.4. The van der Waals surface area contributed by atoms with E-state index in [9.17, 15) is 27.6 Å². The third-order valence-corrected chi connectivity index (χ3v) is 8.44. The van der Waals surface area contributed by atoms with Gasteiger partial charge in [0.05, 0.1) is 28.6 Å². The molecule has 0 aliphatic carbocycles. The van der Waals surface area contributed by atoms with Gasteiger partial charge in [-0.25, -0.2) is 9.69 Å². The Morgan fingerprint density at radius 1 is 0.891 bits per heavy atom. The summed E-state index contributed by atoms with van der Waals surface area (Å²) < 4.78 is 40.4. The summed E-state index contributed by atoms with van der Waals surface area (Å²) in [6, 6.07) is 21.8. The molecule has 1 N–H and O–H groups in total. The van der Waals surface area contributed by atoms with Gasteiger partial charge in [0.15, 0.2) is 0 Å². The van der Waals surface area contributed by atoms with Crippen LogP contribution in [-0.2, 0) is 15.8 Å². The molecule has 2 heterocycles. The molecule has 0 radical (unpaired) electrons. The number of carbonyl (C=O) groups is 3. The molecule has 2 aliphatic rings. The molecule has 3 aromatic rings. The second-order valence-corrected chi connectivity index (χ2v) is 11.4. The van der Waals surface area contributed by atoms with Crippen molar-refractivity contribution >= 4 is 29.2 Å². The number of hydrogen-bond acceptors (Lipinski definition) is 5. The summed E-state index contributed by atoms with van der Waals surface area (Å²) in [4.78, 5) is 43.9. The van der Waals surface area contributed by atoms with Crippen LogP contribution in [0.5, 0.6) is 0 Å². The Hall–Kier alpha value is -4.95. The predicted molar refractivity (Wildman–Crippen MR) is 169 cm³/mol. The van der Waals surface area contributed by atoms with Crippen molar-refractivity contribution in [1.29, 1.82) is 5.26 Å². The summed E-state index contributed by atoms with van der Waals surface area (Å²) in [5.74, 6) is -1.27. The lowest BCUT2D eigenvalue weighted by atomic mass is 10.0. The van der Waals surface area contributed by atoms with Crippen molar-refractivity contribution in [2.24, 2.45) is 0 Å². The first kappa shape index (κ1) is 32.4. The maximum absolute atomic E-state index is 13.5. The van der Waals surface area contributed by atoms with Gasteiger partial charge in [0, 0.05) is 42.9 Å². The lowest BCUT2D eigenvalue weighted by Crippen LogP contribution is -2.50. The van der Waals surface area contributed by atoms with Crippen molar-refractivity contribution in [2.45, 2.75) is 38.8 Å². The molecule has 46 heavy (non-hydrogen) atoms. The number of para-hydroxylation sites is 1. The first-order chi connectivity index (χ1) is 22.1. The number of alkyl halides is 3. The molecule has 0 aromatic heterocycles. The van der Waals surface area contributed by atoms with Crippen molar-refractivity contribution in [3.8, 4) is 17.2 Å². The Morgan fingerprint density at radius 2 is 1.59 bits per heavy atom. The van der Waals surface area contributed by atoms with E-state index < -0.39 is 29.1 Å². The van der Waals surface area contributed by atoms with Crippen LogP contribution in [0.1, 0.15) is 43.7 Å². The lowest BCUT2D eigenvalue weighted by Gasteiger charge is -2.34. The predicted octanol–water partition coefficient (Wildman–Crippen LogP) is 6.84. The van der Waals surface area contributed by atoms with Crippen LogP contribution in [0.3, 0.4) is 0 Å². The van der Waals surface area contributed by atoms with E-state index in [-0.39, 0.29) is 17.3 Å². The highest BCUT2D eigenvalue weighted by Gasteiger charge is 2.39. The van der Waals surface area contributed by atoms with Gasteiger partial charge in [-0.2, -0.15) is 18.4 Å². The zero-order valence-electron chi connectivity index (χ0n) is 25.4. The molecule has 4 amide bonds. The van der Waals surface area contributed by atoms with Crippen LogP contribution in [0.15, 0.2) is 83.9 Å². The zero-order valence-corrected chi connectivity index (χ0v) is 25.4.